The molecule has 2 aliphatic heterocycles. The summed E-state index contributed by atoms with van der Waals surface area (Å²) in [5.74, 6) is 1.91. The SMILES string of the molecule is O=C(O)CSC1CCOC2(CCSCC2)C1. The molecule has 0 bridgehead atoms. The summed E-state index contributed by atoms with van der Waals surface area (Å²) in [6.45, 7) is 0.807. The Hall–Kier alpha value is 0.130. The molecule has 16 heavy (non-hydrogen) atoms. The van der Waals surface area contributed by atoms with E-state index < -0.39 is 5.97 Å². The van der Waals surface area contributed by atoms with E-state index in [2.05, 4.69) is 0 Å². The Morgan fingerprint density at radius 1 is 1.50 bits per heavy atom. The van der Waals surface area contributed by atoms with E-state index in [-0.39, 0.29) is 11.4 Å². The highest BCUT2D eigenvalue weighted by molar-refractivity contribution is 8.00. The summed E-state index contributed by atoms with van der Waals surface area (Å²) in [7, 11) is 0. The first-order valence-corrected chi connectivity index (χ1v) is 7.96. The first kappa shape index (κ1) is 12.6. The summed E-state index contributed by atoms with van der Waals surface area (Å²) in [5.41, 5.74) is 0.0830. The van der Waals surface area contributed by atoms with Gasteiger partial charge >= 0.3 is 5.97 Å². The van der Waals surface area contributed by atoms with Crippen LogP contribution in [0.25, 0.3) is 0 Å². The number of carboxylic acids is 1. The lowest BCUT2D eigenvalue weighted by molar-refractivity contribution is -0.133. The molecule has 3 nitrogen and oxygen atoms in total. The fraction of sp³-hybridized carbons (Fsp3) is 0.909. The van der Waals surface area contributed by atoms with Crippen LogP contribution in [0.2, 0.25) is 0 Å². The van der Waals surface area contributed by atoms with Crippen LogP contribution in [0.1, 0.15) is 25.7 Å². The standard InChI is InChI=1S/C11H18O3S2/c12-10(13)8-16-9-1-4-14-11(7-9)2-5-15-6-3-11/h9H,1-8H2,(H,12,13). The molecule has 1 N–H and O–H groups in total. The van der Waals surface area contributed by atoms with Crippen molar-refractivity contribution in [2.24, 2.45) is 0 Å². The van der Waals surface area contributed by atoms with Gasteiger partial charge in [-0.15, -0.1) is 11.8 Å². The van der Waals surface area contributed by atoms with Crippen molar-refractivity contribution in [2.45, 2.75) is 36.5 Å². The predicted octanol–water partition coefficient (Wildman–Crippen LogP) is 2.25. The van der Waals surface area contributed by atoms with Crippen LogP contribution in [-0.4, -0.2) is 45.8 Å². The summed E-state index contributed by atoms with van der Waals surface area (Å²) >= 11 is 3.59. The van der Waals surface area contributed by atoms with E-state index in [4.69, 9.17) is 9.84 Å². The maximum Gasteiger partial charge on any atom is 0.313 e. The lowest BCUT2D eigenvalue weighted by Gasteiger charge is -2.43. The second-order valence-corrected chi connectivity index (χ2v) is 6.98. The number of ether oxygens (including phenoxy) is 1. The van der Waals surface area contributed by atoms with Gasteiger partial charge in [0.15, 0.2) is 0 Å². The number of hydrogen-bond acceptors (Lipinski definition) is 4. The van der Waals surface area contributed by atoms with Crippen molar-refractivity contribution in [1.82, 2.24) is 0 Å². The minimum atomic E-state index is -0.704. The molecule has 0 aliphatic carbocycles. The van der Waals surface area contributed by atoms with Gasteiger partial charge < -0.3 is 9.84 Å². The van der Waals surface area contributed by atoms with E-state index in [0.29, 0.717) is 5.25 Å². The Kier molecular flexibility index (Phi) is 4.44. The molecule has 1 unspecified atom stereocenters. The van der Waals surface area contributed by atoms with Crippen LogP contribution in [-0.2, 0) is 9.53 Å². The molecular weight excluding hydrogens is 244 g/mol. The van der Waals surface area contributed by atoms with Crippen LogP contribution in [0.15, 0.2) is 0 Å². The van der Waals surface area contributed by atoms with Crippen molar-refractivity contribution in [2.75, 3.05) is 23.9 Å². The highest BCUT2D eigenvalue weighted by Gasteiger charge is 2.38. The van der Waals surface area contributed by atoms with E-state index in [0.717, 1.165) is 32.3 Å². The van der Waals surface area contributed by atoms with Gasteiger partial charge in [0.1, 0.15) is 0 Å². The van der Waals surface area contributed by atoms with Gasteiger partial charge in [0, 0.05) is 11.9 Å². The van der Waals surface area contributed by atoms with Crippen LogP contribution in [0.3, 0.4) is 0 Å². The van der Waals surface area contributed by atoms with Gasteiger partial charge in [-0.05, 0) is 37.2 Å². The second-order valence-electron chi connectivity index (χ2n) is 4.46. The molecule has 0 aromatic heterocycles. The molecule has 0 aromatic rings. The Balaban J connectivity index is 1.85. The van der Waals surface area contributed by atoms with Gasteiger partial charge in [-0.1, -0.05) is 0 Å². The first-order chi connectivity index (χ1) is 7.70. The first-order valence-electron chi connectivity index (χ1n) is 5.75. The molecule has 0 aromatic carbocycles. The Bertz CT molecular complexity index is 246. The van der Waals surface area contributed by atoms with Crippen molar-refractivity contribution in [3.8, 4) is 0 Å². The van der Waals surface area contributed by atoms with Gasteiger partial charge in [0.25, 0.3) is 0 Å². The smallest absolute Gasteiger partial charge is 0.313 e. The molecule has 2 fully saturated rings. The number of carbonyl (C=O) groups is 1. The van der Waals surface area contributed by atoms with E-state index in [1.54, 1.807) is 11.8 Å². The van der Waals surface area contributed by atoms with Crippen LogP contribution in [0.5, 0.6) is 0 Å². The molecule has 2 rings (SSSR count). The number of hydrogen-bond donors (Lipinski definition) is 1. The number of rotatable bonds is 3. The Morgan fingerprint density at radius 2 is 2.25 bits per heavy atom. The van der Waals surface area contributed by atoms with Gasteiger partial charge in [0.05, 0.1) is 11.4 Å². The molecule has 2 aliphatic rings. The highest BCUT2D eigenvalue weighted by Crippen LogP contribution is 2.40. The Morgan fingerprint density at radius 3 is 2.94 bits per heavy atom. The van der Waals surface area contributed by atoms with Crippen molar-refractivity contribution in [3.63, 3.8) is 0 Å². The predicted molar refractivity (Wildman–Crippen MR) is 68.4 cm³/mol. The summed E-state index contributed by atoms with van der Waals surface area (Å²) in [6.07, 6.45) is 4.34. The molecule has 0 saturated carbocycles. The van der Waals surface area contributed by atoms with Crippen LogP contribution < -0.4 is 0 Å². The minimum absolute atomic E-state index is 0.0830. The third kappa shape index (κ3) is 3.31. The maximum atomic E-state index is 10.6. The lowest BCUT2D eigenvalue weighted by atomic mass is 9.88. The highest BCUT2D eigenvalue weighted by atomic mass is 32.2. The van der Waals surface area contributed by atoms with E-state index in [1.165, 1.54) is 11.5 Å². The van der Waals surface area contributed by atoms with Gasteiger partial charge in [-0.25, -0.2) is 0 Å². The van der Waals surface area contributed by atoms with Gasteiger partial charge in [-0.3, -0.25) is 4.79 Å². The average molecular weight is 262 g/mol. The molecule has 0 radical (unpaired) electrons. The summed E-state index contributed by atoms with van der Waals surface area (Å²) in [5, 5.41) is 9.17. The average Bonchev–Trinajstić information content (AvgIpc) is 2.28. The minimum Gasteiger partial charge on any atom is -0.481 e. The molecule has 92 valence electrons. The molecule has 0 amide bonds. The quantitative estimate of drug-likeness (QED) is 0.845. The second kappa shape index (κ2) is 5.65. The van der Waals surface area contributed by atoms with Crippen molar-refractivity contribution in [3.05, 3.63) is 0 Å². The monoisotopic (exact) mass is 262 g/mol. The zero-order chi connectivity index (χ0) is 11.4. The summed E-state index contributed by atoms with van der Waals surface area (Å²) in [4.78, 5) is 10.6. The third-order valence-electron chi connectivity index (χ3n) is 3.29. The number of carboxylic acid groups (broad SMARTS) is 1. The normalized spacial score (nSPS) is 29.1. The van der Waals surface area contributed by atoms with E-state index in [1.807, 2.05) is 11.8 Å². The molecule has 1 atom stereocenters. The largest absolute Gasteiger partial charge is 0.481 e. The van der Waals surface area contributed by atoms with Crippen LogP contribution in [0, 0.1) is 0 Å². The van der Waals surface area contributed by atoms with Crippen LogP contribution >= 0.6 is 23.5 Å². The number of thioether (sulfide) groups is 2. The zero-order valence-electron chi connectivity index (χ0n) is 9.31. The van der Waals surface area contributed by atoms with E-state index in [9.17, 15) is 4.79 Å². The molecule has 1 spiro atoms. The van der Waals surface area contributed by atoms with E-state index >= 15 is 0 Å². The van der Waals surface area contributed by atoms with Gasteiger partial charge in [0.2, 0.25) is 0 Å². The van der Waals surface area contributed by atoms with Crippen molar-refractivity contribution >= 4 is 29.5 Å². The fourth-order valence-corrected chi connectivity index (χ4v) is 4.71. The third-order valence-corrected chi connectivity index (χ3v) is 5.57. The summed E-state index contributed by atoms with van der Waals surface area (Å²) in [6, 6.07) is 0. The summed E-state index contributed by atoms with van der Waals surface area (Å²) < 4.78 is 5.97. The van der Waals surface area contributed by atoms with Crippen LogP contribution in [0.4, 0.5) is 0 Å². The molecule has 2 saturated heterocycles. The maximum absolute atomic E-state index is 10.6. The molecular formula is C11H18O3S2. The fourth-order valence-electron chi connectivity index (χ4n) is 2.41. The van der Waals surface area contributed by atoms with Crippen molar-refractivity contribution < 1.29 is 14.6 Å². The topological polar surface area (TPSA) is 46.5 Å². The number of aliphatic carboxylic acids is 1. The molecule has 5 heteroatoms. The zero-order valence-corrected chi connectivity index (χ0v) is 10.9. The van der Waals surface area contributed by atoms with Crippen molar-refractivity contribution in [1.29, 1.82) is 0 Å². The van der Waals surface area contributed by atoms with Gasteiger partial charge in [-0.2, -0.15) is 11.8 Å². The lowest BCUT2D eigenvalue weighted by Crippen LogP contribution is -2.43. The molecule has 2 heterocycles. The Labute approximate surface area is 105 Å².